The monoisotopic (exact) mass is 249 g/mol. The summed E-state index contributed by atoms with van der Waals surface area (Å²) in [7, 11) is 0. The molecule has 0 aliphatic rings. The van der Waals surface area contributed by atoms with Gasteiger partial charge in [-0.2, -0.15) is 0 Å². The largest absolute Gasteiger partial charge is 0.289 e. The molecule has 0 amide bonds. The normalized spacial score (nSPS) is 10.6. The van der Waals surface area contributed by atoms with Gasteiger partial charge in [-0.25, -0.2) is 0 Å². The molecular formula is C15H11N3O. The molecule has 19 heavy (non-hydrogen) atoms. The quantitative estimate of drug-likeness (QED) is 0.655. The van der Waals surface area contributed by atoms with Crippen LogP contribution < -0.4 is 0 Å². The first-order valence-electron chi connectivity index (χ1n) is 5.92. The zero-order chi connectivity index (χ0) is 13.2. The lowest BCUT2D eigenvalue weighted by Gasteiger charge is -2.02. The number of pyridine rings is 1. The van der Waals surface area contributed by atoms with Crippen molar-refractivity contribution in [1.29, 1.82) is 0 Å². The third kappa shape index (κ3) is 2.20. The second-order valence-corrected chi connectivity index (χ2v) is 4.28. The van der Waals surface area contributed by atoms with Crippen LogP contribution in [0.3, 0.4) is 0 Å². The van der Waals surface area contributed by atoms with Crippen LogP contribution in [0.5, 0.6) is 0 Å². The van der Waals surface area contributed by atoms with E-state index < -0.39 is 0 Å². The van der Waals surface area contributed by atoms with Crippen LogP contribution in [0.15, 0.2) is 48.9 Å². The van der Waals surface area contributed by atoms with Gasteiger partial charge in [0.2, 0.25) is 0 Å². The predicted octanol–water partition coefficient (Wildman–Crippen LogP) is 2.56. The molecule has 92 valence electrons. The molecule has 3 aromatic rings. The summed E-state index contributed by atoms with van der Waals surface area (Å²) in [6.45, 7) is 1.89. The molecule has 0 aliphatic carbocycles. The van der Waals surface area contributed by atoms with Crippen molar-refractivity contribution < 1.29 is 4.79 Å². The standard InChI is InChI=1S/C15H11N3O/c1-10-2-3-12(9-18-10)15(19)11-4-5-13-14(8-11)17-7-6-16-13/h2-9H,1H3. The van der Waals surface area contributed by atoms with E-state index in [4.69, 9.17) is 0 Å². The summed E-state index contributed by atoms with van der Waals surface area (Å²) in [5, 5.41) is 0. The van der Waals surface area contributed by atoms with Gasteiger partial charge in [-0.1, -0.05) is 0 Å². The number of hydrogen-bond acceptors (Lipinski definition) is 4. The van der Waals surface area contributed by atoms with Gasteiger partial charge in [0.15, 0.2) is 5.78 Å². The van der Waals surface area contributed by atoms with Crippen LogP contribution in [-0.2, 0) is 0 Å². The average Bonchev–Trinajstić information content (AvgIpc) is 2.47. The summed E-state index contributed by atoms with van der Waals surface area (Å²) in [6.07, 6.45) is 4.84. The molecule has 4 nitrogen and oxygen atoms in total. The van der Waals surface area contributed by atoms with Crippen LogP contribution in [0.4, 0.5) is 0 Å². The number of nitrogens with zero attached hydrogens (tertiary/aromatic N) is 3. The van der Waals surface area contributed by atoms with Gasteiger partial charge in [-0.3, -0.25) is 19.7 Å². The van der Waals surface area contributed by atoms with Crippen molar-refractivity contribution in [3.05, 3.63) is 65.7 Å². The number of carbonyl (C=O) groups is 1. The molecule has 0 saturated heterocycles. The van der Waals surface area contributed by atoms with E-state index in [9.17, 15) is 4.79 Å². The maximum Gasteiger partial charge on any atom is 0.194 e. The Kier molecular flexibility index (Phi) is 2.76. The molecule has 0 N–H and O–H groups in total. The summed E-state index contributed by atoms with van der Waals surface area (Å²) in [5.41, 5.74) is 3.56. The van der Waals surface area contributed by atoms with Gasteiger partial charge < -0.3 is 0 Å². The molecule has 0 saturated carbocycles. The van der Waals surface area contributed by atoms with E-state index in [1.165, 1.54) is 0 Å². The molecule has 1 aromatic carbocycles. The molecule has 0 unspecified atom stereocenters. The zero-order valence-corrected chi connectivity index (χ0v) is 10.4. The fraction of sp³-hybridized carbons (Fsp3) is 0.0667. The van der Waals surface area contributed by atoms with Gasteiger partial charge in [0, 0.05) is 35.4 Å². The van der Waals surface area contributed by atoms with Crippen LogP contribution in [0.2, 0.25) is 0 Å². The Morgan fingerprint density at radius 1 is 0.895 bits per heavy atom. The number of hydrogen-bond donors (Lipinski definition) is 0. The minimum Gasteiger partial charge on any atom is -0.289 e. The summed E-state index contributed by atoms with van der Waals surface area (Å²) >= 11 is 0. The Bertz CT molecular complexity index is 751. The SMILES string of the molecule is Cc1ccc(C(=O)c2ccc3nccnc3c2)cn1. The highest BCUT2D eigenvalue weighted by Crippen LogP contribution is 2.14. The van der Waals surface area contributed by atoms with Crippen LogP contribution in [0.1, 0.15) is 21.6 Å². The molecular weight excluding hydrogens is 238 g/mol. The van der Waals surface area contributed by atoms with Crippen molar-refractivity contribution in [2.24, 2.45) is 0 Å². The summed E-state index contributed by atoms with van der Waals surface area (Å²) < 4.78 is 0. The van der Waals surface area contributed by atoms with Gasteiger partial charge in [-0.05, 0) is 37.3 Å². The van der Waals surface area contributed by atoms with Crippen LogP contribution in [0.25, 0.3) is 11.0 Å². The second kappa shape index (κ2) is 4.57. The number of ketones is 1. The fourth-order valence-corrected chi connectivity index (χ4v) is 1.87. The molecule has 0 radical (unpaired) electrons. The number of rotatable bonds is 2. The molecule has 0 spiro atoms. The topological polar surface area (TPSA) is 55.7 Å². The Morgan fingerprint density at radius 3 is 2.37 bits per heavy atom. The predicted molar refractivity (Wildman–Crippen MR) is 71.9 cm³/mol. The van der Waals surface area contributed by atoms with Gasteiger partial charge >= 0.3 is 0 Å². The smallest absolute Gasteiger partial charge is 0.194 e. The average molecular weight is 249 g/mol. The molecule has 0 atom stereocenters. The highest BCUT2D eigenvalue weighted by atomic mass is 16.1. The first kappa shape index (κ1) is 11.5. The Labute approximate surface area is 110 Å². The van der Waals surface area contributed by atoms with Gasteiger partial charge in [-0.15, -0.1) is 0 Å². The number of fused-ring (bicyclic) bond motifs is 1. The van der Waals surface area contributed by atoms with Crippen LogP contribution >= 0.6 is 0 Å². The van der Waals surface area contributed by atoms with E-state index in [0.29, 0.717) is 16.6 Å². The van der Waals surface area contributed by atoms with Gasteiger partial charge in [0.25, 0.3) is 0 Å². The van der Waals surface area contributed by atoms with Crippen LogP contribution in [-0.4, -0.2) is 20.7 Å². The second-order valence-electron chi connectivity index (χ2n) is 4.28. The van der Waals surface area contributed by atoms with E-state index in [1.807, 2.05) is 13.0 Å². The molecule has 0 fully saturated rings. The van der Waals surface area contributed by atoms with Gasteiger partial charge in [0.05, 0.1) is 11.0 Å². The molecule has 3 rings (SSSR count). The number of carbonyl (C=O) groups excluding carboxylic acids is 1. The highest BCUT2D eigenvalue weighted by Gasteiger charge is 2.10. The summed E-state index contributed by atoms with van der Waals surface area (Å²) in [6, 6.07) is 8.93. The van der Waals surface area contributed by atoms with Crippen LogP contribution in [0, 0.1) is 6.92 Å². The van der Waals surface area contributed by atoms with Crippen molar-refractivity contribution in [2.75, 3.05) is 0 Å². The third-order valence-electron chi connectivity index (χ3n) is 2.91. The van der Waals surface area contributed by atoms with E-state index >= 15 is 0 Å². The molecule has 0 aliphatic heterocycles. The molecule has 2 aromatic heterocycles. The number of aromatic nitrogens is 3. The first-order chi connectivity index (χ1) is 9.24. The number of aryl methyl sites for hydroxylation is 1. The highest BCUT2D eigenvalue weighted by molar-refractivity contribution is 6.10. The Morgan fingerprint density at radius 2 is 1.63 bits per heavy atom. The maximum absolute atomic E-state index is 12.3. The van der Waals surface area contributed by atoms with Crippen molar-refractivity contribution in [1.82, 2.24) is 15.0 Å². The summed E-state index contributed by atoms with van der Waals surface area (Å²) in [5.74, 6) is -0.0555. The molecule has 4 heteroatoms. The lowest BCUT2D eigenvalue weighted by molar-refractivity contribution is 0.103. The maximum atomic E-state index is 12.3. The van der Waals surface area contributed by atoms with Gasteiger partial charge in [0.1, 0.15) is 0 Å². The van der Waals surface area contributed by atoms with E-state index in [-0.39, 0.29) is 5.78 Å². The van der Waals surface area contributed by atoms with E-state index in [0.717, 1.165) is 11.2 Å². The molecule has 2 heterocycles. The molecule has 0 bridgehead atoms. The van der Waals surface area contributed by atoms with E-state index in [2.05, 4.69) is 15.0 Å². The fourth-order valence-electron chi connectivity index (χ4n) is 1.87. The lowest BCUT2D eigenvalue weighted by atomic mass is 10.0. The zero-order valence-electron chi connectivity index (χ0n) is 10.4. The third-order valence-corrected chi connectivity index (χ3v) is 2.91. The number of benzene rings is 1. The minimum absolute atomic E-state index is 0.0555. The van der Waals surface area contributed by atoms with Crippen molar-refractivity contribution >= 4 is 16.8 Å². The minimum atomic E-state index is -0.0555. The Hall–Kier alpha value is -2.62. The summed E-state index contributed by atoms with van der Waals surface area (Å²) in [4.78, 5) is 24.8. The van der Waals surface area contributed by atoms with Crippen molar-refractivity contribution in [3.63, 3.8) is 0 Å². The van der Waals surface area contributed by atoms with E-state index in [1.54, 1.807) is 42.9 Å². The van der Waals surface area contributed by atoms with Crippen molar-refractivity contribution in [2.45, 2.75) is 6.92 Å². The lowest BCUT2D eigenvalue weighted by Crippen LogP contribution is -2.02. The van der Waals surface area contributed by atoms with Crippen molar-refractivity contribution in [3.8, 4) is 0 Å². The first-order valence-corrected chi connectivity index (χ1v) is 5.92. The Balaban J connectivity index is 2.04.